The van der Waals surface area contributed by atoms with E-state index < -0.39 is 0 Å². The molecule has 9 rings (SSSR count). The molecule has 2 heterocycles. The van der Waals surface area contributed by atoms with Crippen molar-refractivity contribution in [2.45, 2.75) is 19.3 Å². The number of hydrogen-bond acceptors (Lipinski definition) is 5. The highest BCUT2D eigenvalue weighted by atomic mass is 15.0. The van der Waals surface area contributed by atoms with Crippen molar-refractivity contribution in [3.63, 3.8) is 0 Å². The normalized spacial score (nSPS) is 12.6. The molecule has 0 radical (unpaired) electrons. The highest BCUT2D eigenvalue weighted by molar-refractivity contribution is 6.04. The zero-order valence-electron chi connectivity index (χ0n) is 28.2. The second kappa shape index (κ2) is 12.0. The van der Waals surface area contributed by atoms with Crippen LogP contribution in [0, 0.1) is 11.3 Å². The molecule has 8 aromatic rings. The van der Waals surface area contributed by atoms with Gasteiger partial charge in [0, 0.05) is 45.4 Å². The van der Waals surface area contributed by atoms with Gasteiger partial charge < -0.3 is 0 Å². The van der Waals surface area contributed by atoms with Crippen LogP contribution in [0.1, 0.15) is 30.5 Å². The number of pyridine rings is 1. The van der Waals surface area contributed by atoms with Gasteiger partial charge in [-0.1, -0.05) is 117 Å². The molecule has 51 heavy (non-hydrogen) atoms. The van der Waals surface area contributed by atoms with E-state index in [-0.39, 0.29) is 5.41 Å². The quantitative estimate of drug-likeness (QED) is 0.185. The van der Waals surface area contributed by atoms with Crippen LogP contribution in [0.2, 0.25) is 0 Å². The lowest BCUT2D eigenvalue weighted by Gasteiger charge is -2.22. The van der Waals surface area contributed by atoms with Crippen molar-refractivity contribution in [2.24, 2.45) is 0 Å². The lowest BCUT2D eigenvalue weighted by atomic mass is 9.81. The van der Waals surface area contributed by atoms with Gasteiger partial charge in [-0.3, -0.25) is 4.98 Å². The Morgan fingerprint density at radius 2 is 1.12 bits per heavy atom. The number of rotatable bonds is 5. The van der Waals surface area contributed by atoms with Crippen LogP contribution in [0.5, 0.6) is 0 Å². The monoisotopic (exact) mass is 653 g/mol. The van der Waals surface area contributed by atoms with E-state index in [0.717, 1.165) is 49.7 Å². The SMILES string of the molecule is CC1(C)c2cc(-c3cc(-c4cccnc4)cc(-c4nc(-c5ccccc5)nc(-c5ccccc5)n4)c3)ccc2-c2c1ccc1c(C#N)cccc21. The molecule has 6 aromatic carbocycles. The number of fused-ring (bicyclic) bond motifs is 5. The van der Waals surface area contributed by atoms with Gasteiger partial charge in [0.1, 0.15) is 0 Å². The fourth-order valence-corrected chi connectivity index (χ4v) is 7.43. The fraction of sp³-hybridized carbons (Fsp3) is 0.0652. The molecule has 0 atom stereocenters. The molecule has 0 N–H and O–H groups in total. The van der Waals surface area contributed by atoms with Gasteiger partial charge in [-0.15, -0.1) is 0 Å². The zero-order chi connectivity index (χ0) is 34.5. The van der Waals surface area contributed by atoms with Crippen molar-refractivity contribution < 1.29 is 0 Å². The lowest BCUT2D eigenvalue weighted by molar-refractivity contribution is 0.661. The maximum atomic E-state index is 9.83. The van der Waals surface area contributed by atoms with Crippen molar-refractivity contribution in [3.8, 4) is 73.6 Å². The van der Waals surface area contributed by atoms with Crippen molar-refractivity contribution >= 4 is 10.8 Å². The number of aromatic nitrogens is 4. The van der Waals surface area contributed by atoms with Crippen LogP contribution < -0.4 is 0 Å². The third-order valence-electron chi connectivity index (χ3n) is 10.0. The predicted molar refractivity (Wildman–Crippen MR) is 205 cm³/mol. The Bertz CT molecular complexity index is 2600. The first-order chi connectivity index (χ1) is 25.0. The molecule has 0 saturated heterocycles. The van der Waals surface area contributed by atoms with E-state index in [1.807, 2.05) is 85.1 Å². The van der Waals surface area contributed by atoms with Crippen molar-refractivity contribution in [1.29, 1.82) is 5.26 Å². The van der Waals surface area contributed by atoms with E-state index in [0.29, 0.717) is 23.0 Å². The molecule has 0 spiro atoms. The molecule has 5 heteroatoms. The van der Waals surface area contributed by atoms with E-state index in [9.17, 15) is 5.26 Å². The molecule has 0 bridgehead atoms. The lowest BCUT2D eigenvalue weighted by Crippen LogP contribution is -2.15. The van der Waals surface area contributed by atoms with Gasteiger partial charge in [-0.25, -0.2) is 15.0 Å². The molecular weight excluding hydrogens is 623 g/mol. The number of nitrogens with zero attached hydrogens (tertiary/aromatic N) is 5. The Morgan fingerprint density at radius 1 is 0.490 bits per heavy atom. The van der Waals surface area contributed by atoms with Crippen LogP contribution in [0.3, 0.4) is 0 Å². The molecule has 0 unspecified atom stereocenters. The van der Waals surface area contributed by atoms with Gasteiger partial charge in [0.25, 0.3) is 0 Å². The smallest absolute Gasteiger partial charge is 0.164 e. The molecule has 2 aromatic heterocycles. The Balaban J connectivity index is 1.24. The van der Waals surface area contributed by atoms with Gasteiger partial charge in [-0.05, 0) is 80.7 Å². The van der Waals surface area contributed by atoms with Gasteiger partial charge in [0.2, 0.25) is 0 Å². The first kappa shape index (κ1) is 30.3. The maximum Gasteiger partial charge on any atom is 0.164 e. The molecular formula is C46H31N5. The summed E-state index contributed by atoms with van der Waals surface area (Å²) in [6.45, 7) is 4.58. The predicted octanol–water partition coefficient (Wildman–Crippen LogP) is 10.9. The van der Waals surface area contributed by atoms with Gasteiger partial charge in [-0.2, -0.15) is 5.26 Å². The maximum absolute atomic E-state index is 9.83. The van der Waals surface area contributed by atoms with Crippen LogP contribution in [-0.4, -0.2) is 19.9 Å². The van der Waals surface area contributed by atoms with Crippen LogP contribution in [0.25, 0.3) is 78.3 Å². The summed E-state index contributed by atoms with van der Waals surface area (Å²) in [4.78, 5) is 19.5. The highest BCUT2D eigenvalue weighted by Gasteiger charge is 2.37. The van der Waals surface area contributed by atoms with Crippen LogP contribution in [0.15, 0.2) is 152 Å². The largest absolute Gasteiger partial charge is 0.264 e. The summed E-state index contributed by atoms with van der Waals surface area (Å²) >= 11 is 0. The first-order valence-corrected chi connectivity index (χ1v) is 17.0. The molecule has 0 aliphatic heterocycles. The molecule has 0 amide bonds. The zero-order valence-corrected chi connectivity index (χ0v) is 28.2. The Labute approximate surface area is 296 Å². The van der Waals surface area contributed by atoms with Crippen LogP contribution in [-0.2, 0) is 5.41 Å². The van der Waals surface area contributed by atoms with E-state index >= 15 is 0 Å². The van der Waals surface area contributed by atoms with Crippen molar-refractivity contribution in [2.75, 3.05) is 0 Å². The third kappa shape index (κ3) is 5.17. The second-order valence-corrected chi connectivity index (χ2v) is 13.5. The summed E-state index contributed by atoms with van der Waals surface area (Å²) in [7, 11) is 0. The summed E-state index contributed by atoms with van der Waals surface area (Å²) in [5, 5.41) is 11.9. The summed E-state index contributed by atoms with van der Waals surface area (Å²) in [6.07, 6.45) is 3.69. The summed E-state index contributed by atoms with van der Waals surface area (Å²) in [5.41, 5.74) is 12.4. The van der Waals surface area contributed by atoms with E-state index in [1.54, 1.807) is 6.20 Å². The first-order valence-electron chi connectivity index (χ1n) is 17.0. The fourth-order valence-electron chi connectivity index (χ4n) is 7.43. The average Bonchev–Trinajstić information content (AvgIpc) is 3.43. The second-order valence-electron chi connectivity index (χ2n) is 13.5. The minimum absolute atomic E-state index is 0.231. The molecule has 240 valence electrons. The summed E-state index contributed by atoms with van der Waals surface area (Å²) < 4.78 is 0. The topological polar surface area (TPSA) is 75.3 Å². The minimum Gasteiger partial charge on any atom is -0.264 e. The minimum atomic E-state index is -0.231. The van der Waals surface area contributed by atoms with Gasteiger partial charge >= 0.3 is 0 Å². The van der Waals surface area contributed by atoms with E-state index in [2.05, 4.69) is 85.6 Å². The summed E-state index contributed by atoms with van der Waals surface area (Å²) in [5.74, 6) is 1.84. The summed E-state index contributed by atoms with van der Waals surface area (Å²) in [6, 6.07) is 50.2. The molecule has 1 aliphatic carbocycles. The number of hydrogen-bond donors (Lipinski definition) is 0. The van der Waals surface area contributed by atoms with Crippen LogP contribution >= 0.6 is 0 Å². The van der Waals surface area contributed by atoms with Gasteiger partial charge in [0.15, 0.2) is 17.5 Å². The van der Waals surface area contributed by atoms with Crippen molar-refractivity contribution in [1.82, 2.24) is 19.9 Å². The van der Waals surface area contributed by atoms with E-state index in [4.69, 9.17) is 15.0 Å². The van der Waals surface area contributed by atoms with Crippen LogP contribution in [0.4, 0.5) is 0 Å². The van der Waals surface area contributed by atoms with Gasteiger partial charge in [0.05, 0.1) is 11.6 Å². The van der Waals surface area contributed by atoms with Crippen molar-refractivity contribution in [3.05, 3.63) is 169 Å². The third-order valence-corrected chi connectivity index (χ3v) is 10.0. The number of nitriles is 1. The number of benzene rings is 6. The Kier molecular flexibility index (Phi) is 7.12. The standard InChI is InChI=1S/C46H31N5/c1-46(2)40-21-20-37-32(27-47)15-9-17-38(37)42(40)39-19-18-31(26-41(39)46)34-23-35(33-16-10-22-48-28-33)25-36(24-34)45-50-43(29-11-5-3-6-12-29)49-44(51-45)30-13-7-4-8-14-30/h3-26,28H,1-2H3. The molecule has 1 aliphatic rings. The van der Waals surface area contributed by atoms with E-state index in [1.165, 1.54) is 22.3 Å². The molecule has 5 nitrogen and oxygen atoms in total. The average molecular weight is 654 g/mol. The Morgan fingerprint density at radius 3 is 1.76 bits per heavy atom. The highest BCUT2D eigenvalue weighted by Crippen LogP contribution is 2.52. The molecule has 0 saturated carbocycles. The Hall–Kier alpha value is -6.77. The molecule has 0 fully saturated rings.